The lowest BCUT2D eigenvalue weighted by Gasteiger charge is -2.28. The summed E-state index contributed by atoms with van der Waals surface area (Å²) >= 11 is 0. The number of aliphatic hydroxyl groups is 1. The van der Waals surface area contributed by atoms with E-state index >= 15 is 0 Å². The molecule has 2 unspecified atom stereocenters. The Kier molecular flexibility index (Phi) is 4.96. The van der Waals surface area contributed by atoms with Crippen LogP contribution in [-0.2, 0) is 4.79 Å². The fraction of sp³-hybridized carbons (Fsp3) is 0.500. The van der Waals surface area contributed by atoms with Crippen LogP contribution in [0, 0.1) is 6.92 Å². The van der Waals surface area contributed by atoms with E-state index in [0.29, 0.717) is 11.3 Å². The topological polar surface area (TPSA) is 78.4 Å². The number of amides is 2. The summed E-state index contributed by atoms with van der Waals surface area (Å²) in [5.41, 5.74) is 2.03. The Bertz CT molecular complexity index is 542. The number of hydrogen-bond donors (Lipinski definition) is 3. The van der Waals surface area contributed by atoms with Crippen molar-refractivity contribution >= 4 is 17.5 Å². The molecule has 0 heterocycles. The number of carbonyl (C=O) groups is 2. The molecular weight excluding hydrogens is 268 g/mol. The Morgan fingerprint density at radius 3 is 2.62 bits per heavy atom. The van der Waals surface area contributed by atoms with Crippen molar-refractivity contribution in [2.75, 3.05) is 5.32 Å². The van der Waals surface area contributed by atoms with Crippen LogP contribution in [0.5, 0.6) is 0 Å². The van der Waals surface area contributed by atoms with E-state index in [0.717, 1.165) is 31.2 Å². The number of aliphatic hydroxyl groups excluding tert-OH is 1. The number of nitrogens with one attached hydrogen (secondary N) is 2. The highest BCUT2D eigenvalue weighted by Crippen LogP contribution is 2.20. The van der Waals surface area contributed by atoms with Crippen LogP contribution in [0.25, 0.3) is 0 Å². The van der Waals surface area contributed by atoms with Crippen molar-refractivity contribution in [3.05, 3.63) is 29.3 Å². The summed E-state index contributed by atoms with van der Waals surface area (Å²) in [5, 5.41) is 15.5. The number of hydrogen-bond acceptors (Lipinski definition) is 3. The highest BCUT2D eigenvalue weighted by molar-refractivity contribution is 5.97. The van der Waals surface area contributed by atoms with Gasteiger partial charge in [-0.1, -0.05) is 18.9 Å². The SMILES string of the molecule is CC(=O)Nc1cc(C(=O)NC2CCCCC2O)ccc1C. The molecule has 1 saturated carbocycles. The number of carbonyl (C=O) groups excluding carboxylic acids is 2. The summed E-state index contributed by atoms with van der Waals surface area (Å²) in [7, 11) is 0. The summed E-state index contributed by atoms with van der Waals surface area (Å²) in [4.78, 5) is 23.4. The predicted octanol–water partition coefficient (Wildman–Crippen LogP) is 1.99. The molecule has 2 atom stereocenters. The Morgan fingerprint density at radius 2 is 1.95 bits per heavy atom. The average molecular weight is 290 g/mol. The molecule has 1 aromatic carbocycles. The predicted molar refractivity (Wildman–Crippen MR) is 81.2 cm³/mol. The molecule has 0 radical (unpaired) electrons. The van der Waals surface area contributed by atoms with Crippen LogP contribution in [-0.4, -0.2) is 29.1 Å². The first-order valence-corrected chi connectivity index (χ1v) is 7.34. The molecule has 5 heteroatoms. The standard InChI is InChI=1S/C16H22N2O3/c1-10-7-8-12(9-14(10)17-11(2)19)16(21)18-13-5-3-4-6-15(13)20/h7-9,13,15,20H,3-6H2,1-2H3,(H,17,19)(H,18,21). The molecule has 1 fully saturated rings. The van der Waals surface area contributed by atoms with Crippen molar-refractivity contribution in [3.8, 4) is 0 Å². The normalized spacial score (nSPS) is 21.7. The van der Waals surface area contributed by atoms with Gasteiger partial charge in [0.1, 0.15) is 0 Å². The van der Waals surface area contributed by atoms with E-state index in [1.165, 1.54) is 6.92 Å². The molecule has 0 saturated heterocycles. The molecule has 2 rings (SSSR count). The van der Waals surface area contributed by atoms with Gasteiger partial charge in [-0.3, -0.25) is 9.59 Å². The van der Waals surface area contributed by atoms with Crippen LogP contribution in [0.3, 0.4) is 0 Å². The second-order valence-electron chi connectivity index (χ2n) is 5.64. The van der Waals surface area contributed by atoms with Gasteiger partial charge in [-0.25, -0.2) is 0 Å². The molecule has 1 aliphatic carbocycles. The van der Waals surface area contributed by atoms with Gasteiger partial charge < -0.3 is 15.7 Å². The van der Waals surface area contributed by atoms with Gasteiger partial charge in [-0.05, 0) is 37.5 Å². The highest BCUT2D eigenvalue weighted by atomic mass is 16.3. The lowest BCUT2D eigenvalue weighted by Crippen LogP contribution is -2.45. The summed E-state index contributed by atoms with van der Waals surface area (Å²) in [6.07, 6.45) is 3.09. The van der Waals surface area contributed by atoms with E-state index in [4.69, 9.17) is 0 Å². The number of rotatable bonds is 3. The van der Waals surface area contributed by atoms with E-state index in [1.54, 1.807) is 18.2 Å². The summed E-state index contributed by atoms with van der Waals surface area (Å²) in [6, 6.07) is 5.01. The minimum absolute atomic E-state index is 0.168. The zero-order valence-electron chi connectivity index (χ0n) is 12.5. The van der Waals surface area contributed by atoms with Gasteiger partial charge in [-0.15, -0.1) is 0 Å². The van der Waals surface area contributed by atoms with Gasteiger partial charge >= 0.3 is 0 Å². The maximum absolute atomic E-state index is 12.3. The Morgan fingerprint density at radius 1 is 1.24 bits per heavy atom. The fourth-order valence-electron chi connectivity index (χ4n) is 2.62. The molecule has 0 spiro atoms. The molecule has 0 aromatic heterocycles. The molecule has 1 aromatic rings. The van der Waals surface area contributed by atoms with E-state index in [9.17, 15) is 14.7 Å². The van der Waals surface area contributed by atoms with E-state index in [1.807, 2.05) is 6.92 Å². The maximum Gasteiger partial charge on any atom is 0.251 e. The third-order valence-corrected chi connectivity index (χ3v) is 3.86. The van der Waals surface area contributed by atoms with Crippen LogP contribution < -0.4 is 10.6 Å². The highest BCUT2D eigenvalue weighted by Gasteiger charge is 2.24. The lowest BCUT2D eigenvalue weighted by atomic mass is 9.92. The minimum Gasteiger partial charge on any atom is -0.391 e. The van der Waals surface area contributed by atoms with E-state index in [-0.39, 0.29) is 17.9 Å². The van der Waals surface area contributed by atoms with Gasteiger partial charge in [0.2, 0.25) is 5.91 Å². The third-order valence-electron chi connectivity index (χ3n) is 3.86. The number of benzene rings is 1. The van der Waals surface area contributed by atoms with Crippen LogP contribution >= 0.6 is 0 Å². The summed E-state index contributed by atoms with van der Waals surface area (Å²) < 4.78 is 0. The molecule has 21 heavy (non-hydrogen) atoms. The van der Waals surface area contributed by atoms with E-state index < -0.39 is 6.10 Å². The summed E-state index contributed by atoms with van der Waals surface area (Å²) in [5.74, 6) is -0.383. The second-order valence-corrected chi connectivity index (χ2v) is 5.64. The molecule has 3 N–H and O–H groups in total. The van der Waals surface area contributed by atoms with Gasteiger partial charge in [0.25, 0.3) is 5.91 Å². The van der Waals surface area contributed by atoms with E-state index in [2.05, 4.69) is 10.6 Å². The Hall–Kier alpha value is -1.88. The quantitative estimate of drug-likeness (QED) is 0.796. The zero-order valence-corrected chi connectivity index (χ0v) is 12.5. The largest absolute Gasteiger partial charge is 0.391 e. The van der Waals surface area contributed by atoms with Crippen molar-refractivity contribution in [3.63, 3.8) is 0 Å². The lowest BCUT2D eigenvalue weighted by molar-refractivity contribution is -0.114. The first-order chi connectivity index (χ1) is 9.97. The second kappa shape index (κ2) is 6.72. The molecule has 0 aliphatic heterocycles. The number of anilines is 1. The monoisotopic (exact) mass is 290 g/mol. The minimum atomic E-state index is -0.469. The van der Waals surface area contributed by atoms with Crippen molar-refractivity contribution in [2.24, 2.45) is 0 Å². The van der Waals surface area contributed by atoms with Gasteiger partial charge in [0, 0.05) is 18.2 Å². The molecule has 114 valence electrons. The van der Waals surface area contributed by atoms with Crippen molar-refractivity contribution in [1.82, 2.24) is 5.32 Å². The van der Waals surface area contributed by atoms with Crippen LogP contribution in [0.4, 0.5) is 5.69 Å². The van der Waals surface area contributed by atoms with Crippen LogP contribution in [0.15, 0.2) is 18.2 Å². The zero-order chi connectivity index (χ0) is 15.4. The van der Waals surface area contributed by atoms with Crippen LogP contribution in [0.1, 0.15) is 48.5 Å². The smallest absolute Gasteiger partial charge is 0.251 e. The van der Waals surface area contributed by atoms with Gasteiger partial charge in [0.05, 0.1) is 12.1 Å². The molecule has 5 nitrogen and oxygen atoms in total. The average Bonchev–Trinajstić information content (AvgIpc) is 2.43. The fourth-order valence-corrected chi connectivity index (χ4v) is 2.62. The Balaban J connectivity index is 2.09. The first kappa shape index (κ1) is 15.5. The first-order valence-electron chi connectivity index (χ1n) is 7.34. The van der Waals surface area contributed by atoms with Crippen molar-refractivity contribution < 1.29 is 14.7 Å². The van der Waals surface area contributed by atoms with Crippen molar-refractivity contribution in [1.29, 1.82) is 0 Å². The third kappa shape index (κ3) is 4.04. The summed E-state index contributed by atoms with van der Waals surface area (Å²) in [6.45, 7) is 3.31. The van der Waals surface area contributed by atoms with Gasteiger partial charge in [0.15, 0.2) is 0 Å². The molecule has 0 bridgehead atoms. The Labute approximate surface area is 124 Å². The number of aryl methyl sites for hydroxylation is 1. The van der Waals surface area contributed by atoms with Gasteiger partial charge in [-0.2, -0.15) is 0 Å². The van der Waals surface area contributed by atoms with Crippen molar-refractivity contribution in [2.45, 2.75) is 51.7 Å². The molecule has 2 amide bonds. The molecular formula is C16H22N2O3. The molecule has 1 aliphatic rings. The maximum atomic E-state index is 12.3. The van der Waals surface area contributed by atoms with Crippen LogP contribution in [0.2, 0.25) is 0 Å².